The van der Waals surface area contributed by atoms with Gasteiger partial charge in [-0.15, -0.1) is 11.3 Å². The minimum Gasteiger partial charge on any atom is -0.247 e. The Morgan fingerprint density at radius 1 is 1.44 bits per heavy atom. The lowest BCUT2D eigenvalue weighted by Crippen LogP contribution is -2.24. The van der Waals surface area contributed by atoms with Crippen LogP contribution in [0.1, 0.15) is 50.2 Å². The van der Waals surface area contributed by atoms with Gasteiger partial charge < -0.3 is 0 Å². The van der Waals surface area contributed by atoms with Crippen molar-refractivity contribution in [2.75, 3.05) is 5.33 Å². The molecule has 0 aliphatic rings. The minimum atomic E-state index is 0.417. The van der Waals surface area contributed by atoms with Crippen LogP contribution in [0.15, 0.2) is 5.38 Å². The molecule has 1 nitrogen and oxygen atoms in total. The maximum Gasteiger partial charge on any atom is 0.0933 e. The first kappa shape index (κ1) is 14.2. The minimum absolute atomic E-state index is 0.417. The Hall–Kier alpha value is 0.110. The number of thiazole rings is 1. The molecule has 0 amide bonds. The van der Waals surface area contributed by atoms with Gasteiger partial charge in [0.05, 0.1) is 5.01 Å². The van der Waals surface area contributed by atoms with Gasteiger partial charge in [0.15, 0.2) is 0 Å². The number of hydrogen-bond donors (Lipinski definition) is 0. The highest BCUT2D eigenvalue weighted by Crippen LogP contribution is 2.35. The molecule has 0 saturated carbocycles. The highest BCUT2D eigenvalue weighted by atomic mass is 79.9. The van der Waals surface area contributed by atoms with E-state index in [0.29, 0.717) is 5.41 Å². The molecule has 0 saturated heterocycles. The molecular formula is C13H22BrNS. The van der Waals surface area contributed by atoms with Crippen LogP contribution in [0, 0.1) is 12.3 Å². The molecule has 1 rings (SSSR count). The van der Waals surface area contributed by atoms with Crippen LogP contribution >= 0.6 is 27.3 Å². The standard InChI is InChI=1S/C13H22BrNS/c1-4-6-7-13(5-2,10-14)8-12-15-11(3)9-16-12/h9H,4-8,10H2,1-3H3. The van der Waals surface area contributed by atoms with E-state index in [4.69, 9.17) is 0 Å². The maximum atomic E-state index is 4.60. The predicted molar refractivity (Wildman–Crippen MR) is 76.6 cm³/mol. The lowest BCUT2D eigenvalue weighted by atomic mass is 9.79. The van der Waals surface area contributed by atoms with Crippen LogP contribution in [0.4, 0.5) is 0 Å². The zero-order chi connectivity index (χ0) is 12.0. The molecule has 0 spiro atoms. The summed E-state index contributed by atoms with van der Waals surface area (Å²) >= 11 is 5.51. The molecule has 1 aromatic rings. The fourth-order valence-electron chi connectivity index (χ4n) is 1.96. The third-order valence-electron chi connectivity index (χ3n) is 3.29. The fourth-order valence-corrected chi connectivity index (χ4v) is 3.78. The summed E-state index contributed by atoms with van der Waals surface area (Å²) in [7, 11) is 0. The van der Waals surface area contributed by atoms with Gasteiger partial charge in [-0.05, 0) is 25.2 Å². The second-order valence-corrected chi connectivity index (χ2v) is 6.15. The van der Waals surface area contributed by atoms with Gasteiger partial charge in [0.25, 0.3) is 0 Å². The van der Waals surface area contributed by atoms with Crippen LogP contribution in [-0.2, 0) is 6.42 Å². The van der Waals surface area contributed by atoms with Gasteiger partial charge in [-0.1, -0.05) is 42.6 Å². The van der Waals surface area contributed by atoms with Crippen molar-refractivity contribution in [3.05, 3.63) is 16.1 Å². The van der Waals surface area contributed by atoms with E-state index in [2.05, 4.69) is 47.1 Å². The van der Waals surface area contributed by atoms with Crippen molar-refractivity contribution in [1.29, 1.82) is 0 Å². The highest BCUT2D eigenvalue weighted by molar-refractivity contribution is 9.09. The Kier molecular flexibility index (Phi) is 5.98. The maximum absolute atomic E-state index is 4.60. The van der Waals surface area contributed by atoms with Crippen LogP contribution < -0.4 is 0 Å². The van der Waals surface area contributed by atoms with E-state index >= 15 is 0 Å². The third-order valence-corrected chi connectivity index (χ3v) is 5.44. The largest absolute Gasteiger partial charge is 0.247 e. The summed E-state index contributed by atoms with van der Waals surface area (Å²) in [5.74, 6) is 0. The molecule has 1 atom stereocenters. The average molecular weight is 304 g/mol. The van der Waals surface area contributed by atoms with E-state index in [9.17, 15) is 0 Å². The molecule has 0 N–H and O–H groups in total. The Morgan fingerprint density at radius 3 is 2.62 bits per heavy atom. The number of alkyl halides is 1. The summed E-state index contributed by atoms with van der Waals surface area (Å²) in [5.41, 5.74) is 1.58. The lowest BCUT2D eigenvalue weighted by molar-refractivity contribution is 0.283. The van der Waals surface area contributed by atoms with Gasteiger partial charge in [-0.25, -0.2) is 4.98 Å². The molecule has 1 aromatic heterocycles. The first-order valence-corrected chi connectivity index (χ1v) is 8.13. The number of rotatable bonds is 7. The summed E-state index contributed by atoms with van der Waals surface area (Å²) in [6, 6.07) is 0. The molecule has 0 aromatic carbocycles. The van der Waals surface area contributed by atoms with E-state index in [-0.39, 0.29) is 0 Å². The zero-order valence-corrected chi connectivity index (χ0v) is 13.0. The number of unbranched alkanes of at least 4 members (excludes halogenated alkanes) is 1. The summed E-state index contributed by atoms with van der Waals surface area (Å²) < 4.78 is 0. The fraction of sp³-hybridized carbons (Fsp3) is 0.769. The smallest absolute Gasteiger partial charge is 0.0933 e. The highest BCUT2D eigenvalue weighted by Gasteiger charge is 2.27. The third kappa shape index (κ3) is 3.85. The number of aromatic nitrogens is 1. The van der Waals surface area contributed by atoms with E-state index < -0.39 is 0 Å². The van der Waals surface area contributed by atoms with Gasteiger partial charge in [-0.2, -0.15) is 0 Å². The predicted octanol–water partition coefficient (Wildman–Crippen LogP) is 4.98. The van der Waals surface area contributed by atoms with Gasteiger partial charge in [0.2, 0.25) is 0 Å². The number of aryl methyl sites for hydroxylation is 1. The first-order chi connectivity index (χ1) is 7.65. The monoisotopic (exact) mass is 303 g/mol. The van der Waals surface area contributed by atoms with Crippen LogP contribution in [0.2, 0.25) is 0 Å². The van der Waals surface area contributed by atoms with E-state index in [0.717, 1.165) is 17.4 Å². The Morgan fingerprint density at radius 2 is 2.19 bits per heavy atom. The van der Waals surface area contributed by atoms with Gasteiger partial charge >= 0.3 is 0 Å². The number of nitrogens with zero attached hydrogens (tertiary/aromatic N) is 1. The average Bonchev–Trinajstić information content (AvgIpc) is 2.70. The van der Waals surface area contributed by atoms with Gasteiger partial charge in [0, 0.05) is 22.8 Å². The van der Waals surface area contributed by atoms with Crippen molar-refractivity contribution in [2.24, 2.45) is 5.41 Å². The second kappa shape index (κ2) is 6.75. The molecule has 0 aliphatic heterocycles. The zero-order valence-electron chi connectivity index (χ0n) is 10.6. The topological polar surface area (TPSA) is 12.9 Å². The van der Waals surface area contributed by atoms with E-state index in [1.165, 1.54) is 30.7 Å². The molecule has 3 heteroatoms. The molecule has 0 fully saturated rings. The number of halogens is 1. The molecule has 16 heavy (non-hydrogen) atoms. The van der Waals surface area contributed by atoms with Crippen LogP contribution in [0.3, 0.4) is 0 Å². The van der Waals surface area contributed by atoms with Crippen molar-refractivity contribution in [3.63, 3.8) is 0 Å². The molecule has 0 bridgehead atoms. The van der Waals surface area contributed by atoms with Crippen molar-refractivity contribution in [1.82, 2.24) is 4.98 Å². The Bertz CT molecular complexity index is 305. The summed E-state index contributed by atoms with van der Waals surface area (Å²) in [4.78, 5) is 4.60. The van der Waals surface area contributed by atoms with Crippen LogP contribution in [0.5, 0.6) is 0 Å². The Labute approximate surface area is 112 Å². The molecule has 0 aliphatic carbocycles. The van der Waals surface area contributed by atoms with Crippen molar-refractivity contribution >= 4 is 27.3 Å². The van der Waals surface area contributed by atoms with Crippen molar-refractivity contribution in [3.8, 4) is 0 Å². The second-order valence-electron chi connectivity index (χ2n) is 4.65. The van der Waals surface area contributed by atoms with E-state index in [1.807, 2.05) is 11.3 Å². The SMILES string of the molecule is CCCCC(CC)(CBr)Cc1nc(C)cs1. The summed E-state index contributed by atoms with van der Waals surface area (Å²) in [6.07, 6.45) is 6.28. The number of hydrogen-bond acceptors (Lipinski definition) is 2. The summed E-state index contributed by atoms with van der Waals surface area (Å²) in [6.45, 7) is 6.65. The molecule has 0 radical (unpaired) electrons. The van der Waals surface area contributed by atoms with E-state index in [1.54, 1.807) is 0 Å². The molecule has 92 valence electrons. The van der Waals surface area contributed by atoms with Crippen LogP contribution in [-0.4, -0.2) is 10.3 Å². The van der Waals surface area contributed by atoms with Gasteiger partial charge in [-0.3, -0.25) is 0 Å². The first-order valence-electron chi connectivity index (χ1n) is 6.12. The van der Waals surface area contributed by atoms with Crippen molar-refractivity contribution < 1.29 is 0 Å². The normalized spacial score (nSPS) is 15.0. The molecule has 1 unspecified atom stereocenters. The summed E-state index contributed by atoms with van der Waals surface area (Å²) in [5, 5.41) is 4.55. The van der Waals surface area contributed by atoms with Crippen LogP contribution in [0.25, 0.3) is 0 Å². The lowest BCUT2D eigenvalue weighted by Gasteiger charge is -2.30. The molecular weight excluding hydrogens is 282 g/mol. The molecule has 1 heterocycles. The quantitative estimate of drug-likeness (QED) is 0.648. The van der Waals surface area contributed by atoms with Crippen molar-refractivity contribution in [2.45, 2.75) is 52.9 Å². The van der Waals surface area contributed by atoms with Gasteiger partial charge in [0.1, 0.15) is 0 Å². The Balaban J connectivity index is 2.69.